The number of amides is 2. The molecule has 0 heterocycles. The van der Waals surface area contributed by atoms with Gasteiger partial charge < -0.3 is 10.2 Å². The second kappa shape index (κ2) is 13.6. The Morgan fingerprint density at radius 2 is 1.56 bits per heavy atom. The molecule has 218 valence electrons. The maximum Gasteiger partial charge on any atom is 0.264 e. The molecule has 0 radical (unpaired) electrons. The summed E-state index contributed by atoms with van der Waals surface area (Å²) < 4.78 is 43.1. The van der Waals surface area contributed by atoms with Crippen LogP contribution >= 0.6 is 15.9 Å². The first-order valence-electron chi connectivity index (χ1n) is 13.7. The van der Waals surface area contributed by atoms with Gasteiger partial charge in [-0.3, -0.25) is 13.9 Å². The zero-order valence-electron chi connectivity index (χ0n) is 23.2. The summed E-state index contributed by atoms with van der Waals surface area (Å²) in [7, 11) is -4.25. The van der Waals surface area contributed by atoms with E-state index in [1.165, 1.54) is 17.0 Å². The number of rotatable bonds is 10. The highest BCUT2D eigenvalue weighted by molar-refractivity contribution is 9.10. The van der Waals surface area contributed by atoms with E-state index >= 15 is 0 Å². The summed E-state index contributed by atoms with van der Waals surface area (Å²) in [5, 5.41) is 3.09. The lowest BCUT2D eigenvalue weighted by Crippen LogP contribution is -2.53. The zero-order chi connectivity index (χ0) is 29.6. The Hall–Kier alpha value is -3.24. The predicted molar refractivity (Wildman–Crippen MR) is 161 cm³/mol. The van der Waals surface area contributed by atoms with Crippen molar-refractivity contribution in [3.05, 3.63) is 94.2 Å². The molecule has 7 nitrogen and oxygen atoms in total. The quantitative estimate of drug-likeness (QED) is 0.295. The Morgan fingerprint density at radius 1 is 0.951 bits per heavy atom. The Balaban J connectivity index is 1.66. The number of halogens is 2. The lowest BCUT2D eigenvalue weighted by molar-refractivity contribution is -0.139. The van der Waals surface area contributed by atoms with Gasteiger partial charge in [-0.1, -0.05) is 65.0 Å². The molecule has 1 saturated carbocycles. The van der Waals surface area contributed by atoms with E-state index < -0.39 is 34.3 Å². The minimum absolute atomic E-state index is 0.0613. The van der Waals surface area contributed by atoms with Gasteiger partial charge in [-0.25, -0.2) is 12.8 Å². The van der Waals surface area contributed by atoms with Crippen molar-refractivity contribution in [2.45, 2.75) is 69.5 Å². The monoisotopic (exact) mass is 643 g/mol. The van der Waals surface area contributed by atoms with Crippen LogP contribution in [0, 0.1) is 12.7 Å². The fourth-order valence-electron chi connectivity index (χ4n) is 4.91. The predicted octanol–water partition coefficient (Wildman–Crippen LogP) is 5.96. The van der Waals surface area contributed by atoms with Gasteiger partial charge in [0.05, 0.1) is 10.6 Å². The topological polar surface area (TPSA) is 86.8 Å². The standard InChI is InChI=1S/C31H35BrFN3O4S/c1-22-8-16-28(17-9-22)36(41(39,40)29-18-14-26(33)15-19-29)21-30(37)35(20-24-10-12-25(32)13-11-24)23(2)31(38)34-27-6-4-3-5-7-27/h8-19,23,27H,3-7,20-21H2,1-2H3,(H,34,38)/t23-/m1/s1. The molecule has 3 aromatic carbocycles. The van der Waals surface area contributed by atoms with Crippen molar-refractivity contribution >= 4 is 43.5 Å². The van der Waals surface area contributed by atoms with Crippen LogP contribution in [0.15, 0.2) is 82.2 Å². The van der Waals surface area contributed by atoms with Crippen molar-refractivity contribution in [2.75, 3.05) is 10.8 Å². The normalized spacial score (nSPS) is 14.7. The lowest BCUT2D eigenvalue weighted by Gasteiger charge is -2.33. The SMILES string of the molecule is Cc1ccc(N(CC(=O)N(Cc2ccc(Br)cc2)[C@H](C)C(=O)NC2CCCCC2)S(=O)(=O)c2ccc(F)cc2)cc1. The van der Waals surface area contributed by atoms with Crippen LogP contribution in [0.2, 0.25) is 0 Å². The van der Waals surface area contributed by atoms with Gasteiger partial charge in [-0.05, 0) is 80.8 Å². The van der Waals surface area contributed by atoms with Crippen LogP contribution in [-0.4, -0.2) is 43.8 Å². The zero-order valence-corrected chi connectivity index (χ0v) is 25.6. The molecule has 2 amide bonds. The number of carbonyl (C=O) groups excluding carboxylic acids is 2. The van der Waals surface area contributed by atoms with E-state index in [0.717, 1.165) is 64.1 Å². The number of benzene rings is 3. The van der Waals surface area contributed by atoms with Crippen molar-refractivity contribution in [3.63, 3.8) is 0 Å². The van der Waals surface area contributed by atoms with Crippen LogP contribution in [0.4, 0.5) is 10.1 Å². The highest BCUT2D eigenvalue weighted by Gasteiger charge is 2.33. The minimum atomic E-state index is -4.25. The van der Waals surface area contributed by atoms with Gasteiger partial charge in [-0.2, -0.15) is 0 Å². The smallest absolute Gasteiger partial charge is 0.264 e. The van der Waals surface area contributed by atoms with Gasteiger partial charge in [0.25, 0.3) is 10.0 Å². The first-order valence-corrected chi connectivity index (χ1v) is 16.0. The van der Waals surface area contributed by atoms with Crippen molar-refractivity contribution in [2.24, 2.45) is 0 Å². The molecule has 0 aliphatic heterocycles. The number of hydrogen-bond acceptors (Lipinski definition) is 4. The molecule has 41 heavy (non-hydrogen) atoms. The molecule has 0 spiro atoms. The first-order chi connectivity index (χ1) is 19.5. The molecular weight excluding hydrogens is 609 g/mol. The third kappa shape index (κ3) is 7.95. The third-order valence-corrected chi connectivity index (χ3v) is 9.70. The largest absolute Gasteiger partial charge is 0.352 e. The summed E-state index contributed by atoms with van der Waals surface area (Å²) in [6, 6.07) is 17.9. The second-order valence-electron chi connectivity index (χ2n) is 10.5. The molecule has 0 aromatic heterocycles. The van der Waals surface area contributed by atoms with Gasteiger partial charge >= 0.3 is 0 Å². The fourth-order valence-corrected chi connectivity index (χ4v) is 6.59. The molecule has 0 saturated heterocycles. The highest BCUT2D eigenvalue weighted by Crippen LogP contribution is 2.26. The molecule has 10 heteroatoms. The maximum atomic E-state index is 14.0. The van der Waals surface area contributed by atoms with E-state index in [-0.39, 0.29) is 29.1 Å². The number of hydrogen-bond donors (Lipinski definition) is 1. The van der Waals surface area contributed by atoms with E-state index in [0.29, 0.717) is 0 Å². The average Bonchev–Trinajstić information content (AvgIpc) is 2.96. The summed E-state index contributed by atoms with van der Waals surface area (Å²) in [6.07, 6.45) is 5.04. The van der Waals surface area contributed by atoms with E-state index in [1.54, 1.807) is 31.2 Å². The molecule has 1 aliphatic carbocycles. The number of nitrogens with one attached hydrogen (secondary N) is 1. The van der Waals surface area contributed by atoms with E-state index in [9.17, 15) is 22.4 Å². The number of sulfonamides is 1. The molecule has 0 bridgehead atoms. The van der Waals surface area contributed by atoms with Crippen molar-refractivity contribution < 1.29 is 22.4 Å². The summed E-state index contributed by atoms with van der Waals surface area (Å²) >= 11 is 3.42. The lowest BCUT2D eigenvalue weighted by atomic mass is 9.95. The molecule has 1 fully saturated rings. The average molecular weight is 645 g/mol. The summed E-state index contributed by atoms with van der Waals surface area (Å²) in [6.45, 7) is 3.12. The van der Waals surface area contributed by atoms with Crippen molar-refractivity contribution in [1.29, 1.82) is 0 Å². The summed E-state index contributed by atoms with van der Waals surface area (Å²) in [5.74, 6) is -1.38. The minimum Gasteiger partial charge on any atom is -0.352 e. The van der Waals surface area contributed by atoms with E-state index in [2.05, 4.69) is 21.2 Å². The Morgan fingerprint density at radius 3 is 2.17 bits per heavy atom. The van der Waals surface area contributed by atoms with E-state index in [4.69, 9.17) is 0 Å². The van der Waals surface area contributed by atoms with Crippen LogP contribution in [0.25, 0.3) is 0 Å². The van der Waals surface area contributed by atoms with Gasteiger partial charge in [0.15, 0.2) is 0 Å². The van der Waals surface area contributed by atoms with E-state index in [1.807, 2.05) is 31.2 Å². The number of nitrogens with zero attached hydrogens (tertiary/aromatic N) is 2. The van der Waals surface area contributed by atoms with Crippen molar-refractivity contribution in [1.82, 2.24) is 10.2 Å². The van der Waals surface area contributed by atoms with Gasteiger partial charge in [0, 0.05) is 17.1 Å². The van der Waals surface area contributed by atoms with Gasteiger partial charge in [-0.15, -0.1) is 0 Å². The van der Waals surface area contributed by atoms with Crippen LogP contribution in [-0.2, 0) is 26.2 Å². The summed E-state index contributed by atoms with van der Waals surface area (Å²) in [4.78, 5) is 28.6. The molecule has 0 unspecified atom stereocenters. The molecule has 1 aliphatic rings. The highest BCUT2D eigenvalue weighted by atomic mass is 79.9. The Kier molecular flexibility index (Phi) is 10.2. The second-order valence-corrected chi connectivity index (χ2v) is 13.2. The van der Waals surface area contributed by atoms with Crippen LogP contribution in [0.5, 0.6) is 0 Å². The fraction of sp³-hybridized carbons (Fsp3) is 0.355. The number of aryl methyl sites for hydroxylation is 1. The molecule has 1 N–H and O–H groups in total. The third-order valence-electron chi connectivity index (χ3n) is 7.39. The Bertz CT molecular complexity index is 1440. The van der Waals surface area contributed by atoms with Crippen molar-refractivity contribution in [3.8, 4) is 0 Å². The number of carbonyl (C=O) groups is 2. The van der Waals surface area contributed by atoms with Gasteiger partial charge in [0.2, 0.25) is 11.8 Å². The molecular formula is C31H35BrFN3O4S. The number of anilines is 1. The first kappa shape index (κ1) is 30.7. The van der Waals surface area contributed by atoms with Crippen LogP contribution in [0.1, 0.15) is 50.2 Å². The Labute approximate surface area is 249 Å². The molecule has 4 rings (SSSR count). The summed E-state index contributed by atoms with van der Waals surface area (Å²) in [5.41, 5.74) is 2.00. The maximum absolute atomic E-state index is 14.0. The van der Waals surface area contributed by atoms with Crippen LogP contribution in [0.3, 0.4) is 0 Å². The molecule has 3 aromatic rings. The van der Waals surface area contributed by atoms with Gasteiger partial charge in [0.1, 0.15) is 18.4 Å². The molecule has 1 atom stereocenters. The van der Waals surface area contributed by atoms with Crippen LogP contribution < -0.4 is 9.62 Å².